The van der Waals surface area contributed by atoms with Crippen molar-refractivity contribution in [2.75, 3.05) is 25.1 Å². The third kappa shape index (κ3) is 4.55. The van der Waals surface area contributed by atoms with E-state index in [1.807, 2.05) is 13.8 Å². The van der Waals surface area contributed by atoms with E-state index in [1.54, 1.807) is 6.20 Å². The summed E-state index contributed by atoms with van der Waals surface area (Å²) in [6.07, 6.45) is 5.85. The van der Waals surface area contributed by atoms with Crippen molar-refractivity contribution < 1.29 is 8.78 Å². The van der Waals surface area contributed by atoms with Crippen LogP contribution in [-0.4, -0.2) is 45.6 Å². The summed E-state index contributed by atoms with van der Waals surface area (Å²) in [7, 11) is 4.21. The number of halogens is 2. The van der Waals surface area contributed by atoms with Crippen molar-refractivity contribution in [3.8, 4) is 11.1 Å². The average Bonchev–Trinajstić information content (AvgIpc) is 2.76. The number of nitrogens with zero attached hydrogens (tertiary/aromatic N) is 4. The number of pyridine rings is 1. The predicted molar refractivity (Wildman–Crippen MR) is 127 cm³/mol. The number of anilines is 2. The zero-order valence-electron chi connectivity index (χ0n) is 19.4. The number of benzene rings is 1. The zero-order chi connectivity index (χ0) is 23.9. The lowest BCUT2D eigenvalue weighted by molar-refractivity contribution is 0.221. The van der Waals surface area contributed by atoms with Gasteiger partial charge in [0, 0.05) is 41.3 Å². The Kier molecular flexibility index (Phi) is 6.34. The van der Waals surface area contributed by atoms with Gasteiger partial charge >= 0.3 is 0 Å². The molecule has 1 aliphatic carbocycles. The van der Waals surface area contributed by atoms with Gasteiger partial charge in [-0.25, -0.2) is 13.8 Å². The molecular weight excluding hydrogens is 426 g/mol. The lowest BCUT2D eigenvalue weighted by Gasteiger charge is -2.33. The van der Waals surface area contributed by atoms with Crippen LogP contribution in [0.1, 0.15) is 45.6 Å². The SMILES string of the molecule is CC(C)n1c(=O)c(-c2cc(F)c(N)cc2F)cc2cnc(N[C@H]3CC[C@H](N(C)C)CC3)nc21. The van der Waals surface area contributed by atoms with Crippen LogP contribution in [0.4, 0.5) is 20.4 Å². The first-order chi connectivity index (χ1) is 15.7. The highest BCUT2D eigenvalue weighted by Crippen LogP contribution is 2.28. The Morgan fingerprint density at radius 3 is 2.42 bits per heavy atom. The van der Waals surface area contributed by atoms with Gasteiger partial charge in [0.05, 0.1) is 11.3 Å². The molecular formula is C24H30F2N6O. The van der Waals surface area contributed by atoms with E-state index < -0.39 is 17.2 Å². The van der Waals surface area contributed by atoms with E-state index in [-0.39, 0.29) is 28.9 Å². The molecule has 9 heteroatoms. The van der Waals surface area contributed by atoms with Crippen LogP contribution in [0.5, 0.6) is 0 Å². The first-order valence-corrected chi connectivity index (χ1v) is 11.3. The fourth-order valence-corrected chi connectivity index (χ4v) is 4.55. The van der Waals surface area contributed by atoms with Crippen LogP contribution in [0.2, 0.25) is 0 Å². The normalized spacial score (nSPS) is 18.9. The average molecular weight is 457 g/mol. The summed E-state index contributed by atoms with van der Waals surface area (Å²) in [5, 5.41) is 3.97. The first kappa shape index (κ1) is 23.1. The quantitative estimate of drug-likeness (QED) is 0.560. The van der Waals surface area contributed by atoms with Gasteiger partial charge in [-0.2, -0.15) is 4.98 Å². The molecule has 0 atom stereocenters. The van der Waals surface area contributed by atoms with Gasteiger partial charge in [-0.05, 0) is 65.8 Å². The number of rotatable bonds is 5. The largest absolute Gasteiger partial charge is 0.396 e. The molecule has 3 N–H and O–H groups in total. The summed E-state index contributed by atoms with van der Waals surface area (Å²) in [5.74, 6) is -1.07. The second-order valence-corrected chi connectivity index (χ2v) is 9.27. The molecule has 1 aliphatic rings. The molecule has 0 spiro atoms. The van der Waals surface area contributed by atoms with Gasteiger partial charge in [-0.15, -0.1) is 0 Å². The van der Waals surface area contributed by atoms with E-state index in [4.69, 9.17) is 5.73 Å². The standard InChI is InChI=1S/C24H30F2N6O/c1-13(2)32-22-14(9-18(23(32)33)17-10-20(26)21(27)11-19(17)25)12-28-24(30-22)29-15-5-7-16(8-6-15)31(3)4/h9-13,15-16H,5-8,27H2,1-4H3,(H,28,29,30)/t15-,16-. The molecule has 33 heavy (non-hydrogen) atoms. The molecule has 4 rings (SSSR count). The van der Waals surface area contributed by atoms with E-state index in [0.717, 1.165) is 37.8 Å². The Balaban J connectivity index is 1.73. The van der Waals surface area contributed by atoms with Crippen molar-refractivity contribution in [1.82, 2.24) is 19.4 Å². The van der Waals surface area contributed by atoms with Gasteiger partial charge in [0.2, 0.25) is 5.95 Å². The molecule has 7 nitrogen and oxygen atoms in total. The number of nitrogens with one attached hydrogen (secondary N) is 1. The summed E-state index contributed by atoms with van der Waals surface area (Å²) in [6.45, 7) is 3.70. The van der Waals surface area contributed by atoms with Crippen LogP contribution >= 0.6 is 0 Å². The van der Waals surface area contributed by atoms with E-state index in [0.29, 0.717) is 23.0 Å². The second kappa shape index (κ2) is 9.05. The van der Waals surface area contributed by atoms with Crippen molar-refractivity contribution in [3.05, 3.63) is 46.4 Å². The molecule has 176 valence electrons. The number of fused-ring (bicyclic) bond motifs is 1. The van der Waals surface area contributed by atoms with Crippen LogP contribution < -0.4 is 16.6 Å². The van der Waals surface area contributed by atoms with Gasteiger partial charge in [0.25, 0.3) is 5.56 Å². The molecule has 0 bridgehead atoms. The summed E-state index contributed by atoms with van der Waals surface area (Å²) in [5.41, 5.74) is 5.07. The smallest absolute Gasteiger partial charge is 0.260 e. The van der Waals surface area contributed by atoms with Gasteiger partial charge in [0.1, 0.15) is 17.3 Å². The first-order valence-electron chi connectivity index (χ1n) is 11.3. The van der Waals surface area contributed by atoms with Crippen molar-refractivity contribution in [3.63, 3.8) is 0 Å². The van der Waals surface area contributed by atoms with E-state index in [1.165, 1.54) is 10.6 Å². The lowest BCUT2D eigenvalue weighted by atomic mass is 9.91. The molecule has 0 unspecified atom stereocenters. The fourth-order valence-electron chi connectivity index (χ4n) is 4.55. The van der Waals surface area contributed by atoms with E-state index >= 15 is 0 Å². The minimum atomic E-state index is -0.776. The van der Waals surface area contributed by atoms with Gasteiger partial charge in [0.15, 0.2) is 0 Å². The maximum Gasteiger partial charge on any atom is 0.260 e. The minimum Gasteiger partial charge on any atom is -0.396 e. The second-order valence-electron chi connectivity index (χ2n) is 9.27. The van der Waals surface area contributed by atoms with Crippen molar-refractivity contribution in [2.45, 2.75) is 57.7 Å². The number of hydrogen-bond donors (Lipinski definition) is 2. The minimum absolute atomic E-state index is 0.0407. The van der Waals surface area contributed by atoms with E-state index in [9.17, 15) is 13.6 Å². The molecule has 1 fully saturated rings. The topological polar surface area (TPSA) is 89.1 Å². The predicted octanol–water partition coefficient (Wildman–Crippen LogP) is 4.18. The molecule has 0 radical (unpaired) electrons. The van der Waals surface area contributed by atoms with Gasteiger partial charge < -0.3 is 16.0 Å². The van der Waals surface area contributed by atoms with Crippen molar-refractivity contribution in [2.24, 2.45) is 0 Å². The Bertz CT molecular complexity index is 1230. The third-order valence-electron chi connectivity index (χ3n) is 6.43. The molecule has 0 saturated heterocycles. The van der Waals surface area contributed by atoms with Gasteiger partial charge in [-0.1, -0.05) is 0 Å². The van der Waals surface area contributed by atoms with Crippen LogP contribution in [-0.2, 0) is 0 Å². The van der Waals surface area contributed by atoms with Crippen LogP contribution in [0.15, 0.2) is 29.2 Å². The van der Waals surface area contributed by atoms with E-state index in [2.05, 4.69) is 34.3 Å². The number of nitrogen functional groups attached to an aromatic ring is 1. The molecule has 0 amide bonds. The summed E-state index contributed by atoms with van der Waals surface area (Å²) >= 11 is 0. The molecule has 1 aromatic carbocycles. The van der Waals surface area contributed by atoms with Crippen LogP contribution in [0.25, 0.3) is 22.2 Å². The highest BCUT2D eigenvalue weighted by atomic mass is 19.1. The summed E-state index contributed by atoms with van der Waals surface area (Å²) in [4.78, 5) is 24.7. The Morgan fingerprint density at radius 2 is 1.79 bits per heavy atom. The summed E-state index contributed by atoms with van der Waals surface area (Å²) < 4.78 is 30.1. The molecule has 0 aliphatic heterocycles. The number of nitrogens with two attached hydrogens (primary N) is 1. The Hall–Kier alpha value is -3.07. The molecule has 3 aromatic rings. The molecule has 2 aromatic heterocycles. The maximum absolute atomic E-state index is 14.6. The van der Waals surface area contributed by atoms with Gasteiger partial charge in [-0.3, -0.25) is 9.36 Å². The lowest BCUT2D eigenvalue weighted by Crippen LogP contribution is -2.36. The Labute approximate surface area is 191 Å². The number of aromatic nitrogens is 3. The highest BCUT2D eigenvalue weighted by molar-refractivity contribution is 5.82. The third-order valence-corrected chi connectivity index (χ3v) is 6.43. The zero-order valence-corrected chi connectivity index (χ0v) is 19.4. The summed E-state index contributed by atoms with van der Waals surface area (Å²) in [6, 6.07) is 3.96. The van der Waals surface area contributed by atoms with Crippen LogP contribution in [0, 0.1) is 11.6 Å². The monoisotopic (exact) mass is 456 g/mol. The van der Waals surface area contributed by atoms with Crippen LogP contribution in [0.3, 0.4) is 0 Å². The fraction of sp³-hybridized carbons (Fsp3) is 0.458. The van der Waals surface area contributed by atoms with Crippen molar-refractivity contribution in [1.29, 1.82) is 0 Å². The Morgan fingerprint density at radius 1 is 1.09 bits per heavy atom. The van der Waals surface area contributed by atoms with Crippen molar-refractivity contribution >= 4 is 22.7 Å². The molecule has 2 heterocycles. The number of hydrogen-bond acceptors (Lipinski definition) is 6. The maximum atomic E-state index is 14.6. The highest BCUT2D eigenvalue weighted by Gasteiger charge is 2.24. The molecule has 1 saturated carbocycles.